The summed E-state index contributed by atoms with van der Waals surface area (Å²) in [6.07, 6.45) is 1.19. The molecule has 2 rings (SSSR count). The van der Waals surface area contributed by atoms with Gasteiger partial charge in [0, 0.05) is 17.5 Å². The fraction of sp³-hybridized carbons (Fsp3) is 0.125. The van der Waals surface area contributed by atoms with Crippen LogP contribution in [0.25, 0.3) is 6.08 Å². The van der Waals surface area contributed by atoms with E-state index in [1.807, 2.05) is 0 Å². The van der Waals surface area contributed by atoms with Gasteiger partial charge < -0.3 is 9.47 Å². The van der Waals surface area contributed by atoms with Gasteiger partial charge in [0.1, 0.15) is 0 Å². The van der Waals surface area contributed by atoms with Gasteiger partial charge in [-0.15, -0.1) is 0 Å². The molecule has 0 aliphatic carbocycles. The van der Waals surface area contributed by atoms with Gasteiger partial charge in [0.15, 0.2) is 21.3 Å². The van der Waals surface area contributed by atoms with Gasteiger partial charge in [-0.2, -0.15) is 8.78 Å². The van der Waals surface area contributed by atoms with Crippen LogP contribution >= 0.6 is 0 Å². The van der Waals surface area contributed by atoms with Crippen LogP contribution in [0.2, 0.25) is 0 Å². The highest BCUT2D eigenvalue weighted by Crippen LogP contribution is 2.30. The Morgan fingerprint density at radius 3 is 2.31 bits per heavy atom. The third kappa shape index (κ3) is 4.76. The first-order chi connectivity index (χ1) is 12.2. The molecule has 7 nitrogen and oxygen atoms in total. The van der Waals surface area contributed by atoms with Crippen LogP contribution in [0.15, 0.2) is 52.8 Å². The number of halogens is 2. The van der Waals surface area contributed by atoms with Gasteiger partial charge in [-0.05, 0) is 35.9 Å². The Bertz CT molecular complexity index is 926. The first kappa shape index (κ1) is 19.3. The average Bonchev–Trinajstić information content (AvgIpc) is 2.60. The summed E-state index contributed by atoms with van der Waals surface area (Å²) in [7, 11) is -2.60. The van der Waals surface area contributed by atoms with E-state index in [4.69, 9.17) is 4.74 Å². The number of nitrogens with zero attached hydrogens (tertiary/aromatic N) is 1. The molecule has 2 aromatic rings. The Hall–Kier alpha value is -3.01. The molecular weight excluding hydrogens is 372 g/mol. The SMILES string of the molecule is COc1ccc(C=CS(=O)(=O)c2ccc([N+](=O)[O-])cc2)cc1OC(F)F. The smallest absolute Gasteiger partial charge is 0.387 e. The van der Waals surface area contributed by atoms with Crippen LogP contribution in [-0.2, 0) is 9.84 Å². The molecule has 0 fully saturated rings. The predicted octanol–water partition coefficient (Wildman–Crippen LogP) is 3.65. The molecule has 26 heavy (non-hydrogen) atoms. The van der Waals surface area contributed by atoms with Gasteiger partial charge in [0.2, 0.25) is 0 Å². The van der Waals surface area contributed by atoms with E-state index in [-0.39, 0.29) is 27.6 Å². The second-order valence-electron chi connectivity index (χ2n) is 4.89. The molecule has 0 N–H and O–H groups in total. The van der Waals surface area contributed by atoms with E-state index in [1.54, 1.807) is 0 Å². The Labute approximate surface area is 147 Å². The minimum Gasteiger partial charge on any atom is -0.493 e. The fourth-order valence-electron chi connectivity index (χ4n) is 1.99. The topological polar surface area (TPSA) is 95.7 Å². The summed E-state index contributed by atoms with van der Waals surface area (Å²) >= 11 is 0. The molecule has 0 aromatic heterocycles. The summed E-state index contributed by atoms with van der Waals surface area (Å²) in [4.78, 5) is 9.81. The maximum Gasteiger partial charge on any atom is 0.387 e. The number of nitro benzene ring substituents is 1. The number of benzene rings is 2. The third-order valence-electron chi connectivity index (χ3n) is 3.22. The summed E-state index contributed by atoms with van der Waals surface area (Å²) in [5, 5.41) is 11.5. The van der Waals surface area contributed by atoms with Crippen molar-refractivity contribution in [3.8, 4) is 11.5 Å². The number of rotatable bonds is 7. The minimum atomic E-state index is -3.88. The molecule has 10 heteroatoms. The van der Waals surface area contributed by atoms with Gasteiger partial charge in [0.05, 0.1) is 16.9 Å². The Morgan fingerprint density at radius 2 is 1.77 bits per heavy atom. The number of ether oxygens (including phenoxy) is 2. The Kier molecular flexibility index (Phi) is 5.88. The van der Waals surface area contributed by atoms with Gasteiger partial charge in [-0.3, -0.25) is 10.1 Å². The molecule has 0 unspecified atom stereocenters. The van der Waals surface area contributed by atoms with Crippen molar-refractivity contribution in [2.75, 3.05) is 7.11 Å². The number of hydrogen-bond donors (Lipinski definition) is 0. The number of non-ortho nitro benzene ring substituents is 1. The molecule has 0 heterocycles. The largest absolute Gasteiger partial charge is 0.493 e. The summed E-state index contributed by atoms with van der Waals surface area (Å²) in [6, 6.07) is 8.38. The van der Waals surface area contributed by atoms with E-state index in [0.717, 1.165) is 29.7 Å². The standard InChI is InChI=1S/C16H13F2NO6S/c1-24-14-7-2-11(10-15(14)25-16(17)18)8-9-26(22,23)13-5-3-12(4-6-13)19(20)21/h2-10,16H,1H3. The molecule has 0 saturated heterocycles. The highest BCUT2D eigenvalue weighted by Gasteiger charge is 2.14. The third-order valence-corrected chi connectivity index (χ3v) is 4.64. The van der Waals surface area contributed by atoms with Crippen molar-refractivity contribution in [3.63, 3.8) is 0 Å². The van der Waals surface area contributed by atoms with E-state index < -0.39 is 21.4 Å². The van der Waals surface area contributed by atoms with Crippen molar-refractivity contribution in [3.05, 3.63) is 63.6 Å². The summed E-state index contributed by atoms with van der Waals surface area (Å²) in [5.74, 6) is -0.168. The highest BCUT2D eigenvalue weighted by molar-refractivity contribution is 7.94. The van der Waals surface area contributed by atoms with E-state index >= 15 is 0 Å². The maximum absolute atomic E-state index is 12.4. The molecule has 0 aliphatic rings. The zero-order chi connectivity index (χ0) is 19.3. The number of methoxy groups -OCH3 is 1. The van der Waals surface area contributed by atoms with Crippen molar-refractivity contribution in [1.82, 2.24) is 0 Å². The van der Waals surface area contributed by atoms with E-state index in [2.05, 4.69) is 4.74 Å². The van der Waals surface area contributed by atoms with Crippen LogP contribution in [0.4, 0.5) is 14.5 Å². The molecule has 0 spiro atoms. The second kappa shape index (κ2) is 7.91. The van der Waals surface area contributed by atoms with Crippen LogP contribution in [0.1, 0.15) is 5.56 Å². The summed E-state index contributed by atoms with van der Waals surface area (Å²) in [6.45, 7) is -3.06. The quantitative estimate of drug-likeness (QED) is 0.533. The lowest BCUT2D eigenvalue weighted by Crippen LogP contribution is -2.03. The Balaban J connectivity index is 2.28. The van der Waals surface area contributed by atoms with E-state index in [1.165, 1.54) is 31.4 Å². The lowest BCUT2D eigenvalue weighted by atomic mass is 10.2. The van der Waals surface area contributed by atoms with Crippen LogP contribution in [0.5, 0.6) is 11.5 Å². The van der Waals surface area contributed by atoms with Crippen LogP contribution < -0.4 is 9.47 Å². The first-order valence-electron chi connectivity index (χ1n) is 7.03. The molecule has 0 aliphatic heterocycles. The Morgan fingerprint density at radius 1 is 1.12 bits per heavy atom. The monoisotopic (exact) mass is 385 g/mol. The minimum absolute atomic E-state index is 0.0701. The van der Waals surface area contributed by atoms with E-state index in [0.29, 0.717) is 0 Å². The van der Waals surface area contributed by atoms with Crippen LogP contribution in [0.3, 0.4) is 0 Å². The van der Waals surface area contributed by atoms with Crippen LogP contribution in [0, 0.1) is 10.1 Å². The number of alkyl halides is 2. The lowest BCUT2D eigenvalue weighted by Gasteiger charge is -2.10. The van der Waals surface area contributed by atoms with Gasteiger partial charge in [-0.1, -0.05) is 6.07 Å². The molecule has 2 aromatic carbocycles. The summed E-state index contributed by atoms with van der Waals surface area (Å²) < 4.78 is 58.5. The number of sulfone groups is 1. The van der Waals surface area contributed by atoms with Crippen molar-refractivity contribution in [2.45, 2.75) is 11.5 Å². The molecule has 0 saturated carbocycles. The number of hydrogen-bond acceptors (Lipinski definition) is 6. The van der Waals surface area contributed by atoms with E-state index in [9.17, 15) is 27.3 Å². The fourth-order valence-corrected chi connectivity index (χ4v) is 3.00. The van der Waals surface area contributed by atoms with Crippen LogP contribution in [-0.4, -0.2) is 27.1 Å². The molecular formula is C16H13F2NO6S. The maximum atomic E-state index is 12.4. The molecule has 0 bridgehead atoms. The van der Waals surface area contributed by atoms with Crippen molar-refractivity contribution < 1.29 is 31.6 Å². The number of nitro groups is 1. The summed E-state index contributed by atoms with van der Waals surface area (Å²) in [5.41, 5.74) is 0.0452. The van der Waals surface area contributed by atoms with Gasteiger partial charge >= 0.3 is 6.61 Å². The second-order valence-corrected chi connectivity index (χ2v) is 6.72. The lowest BCUT2D eigenvalue weighted by molar-refractivity contribution is -0.384. The highest BCUT2D eigenvalue weighted by atomic mass is 32.2. The molecule has 0 atom stereocenters. The van der Waals surface area contributed by atoms with Crippen molar-refractivity contribution >= 4 is 21.6 Å². The zero-order valence-corrected chi connectivity index (χ0v) is 14.2. The first-order valence-corrected chi connectivity index (χ1v) is 8.58. The zero-order valence-electron chi connectivity index (χ0n) is 13.3. The van der Waals surface area contributed by atoms with Gasteiger partial charge in [-0.25, -0.2) is 8.42 Å². The van der Waals surface area contributed by atoms with Crippen molar-refractivity contribution in [1.29, 1.82) is 0 Å². The average molecular weight is 385 g/mol. The van der Waals surface area contributed by atoms with Crippen molar-refractivity contribution in [2.24, 2.45) is 0 Å². The molecule has 0 radical (unpaired) electrons. The molecule has 138 valence electrons. The van der Waals surface area contributed by atoms with Gasteiger partial charge in [0.25, 0.3) is 5.69 Å². The predicted molar refractivity (Wildman–Crippen MR) is 88.9 cm³/mol. The normalized spacial score (nSPS) is 11.7. The molecule has 0 amide bonds.